The first-order chi connectivity index (χ1) is 12.7. The molecule has 0 bridgehead atoms. The number of rotatable bonds is 5. The van der Waals surface area contributed by atoms with E-state index >= 15 is 0 Å². The van der Waals surface area contributed by atoms with Gasteiger partial charge in [-0.25, -0.2) is 9.67 Å². The van der Waals surface area contributed by atoms with Gasteiger partial charge in [0.25, 0.3) is 5.56 Å². The zero-order valence-corrected chi connectivity index (χ0v) is 14.9. The molecule has 130 valence electrons. The van der Waals surface area contributed by atoms with Crippen LogP contribution in [0.1, 0.15) is 11.4 Å². The van der Waals surface area contributed by atoms with E-state index in [0.717, 1.165) is 5.56 Å². The summed E-state index contributed by atoms with van der Waals surface area (Å²) in [5.74, 6) is 1.19. The number of hydrogen-bond acceptors (Lipinski definition) is 6. The molecule has 8 heteroatoms. The summed E-state index contributed by atoms with van der Waals surface area (Å²) in [6.45, 7) is 0.597. The molecular formula is C18H16N6OS. The van der Waals surface area contributed by atoms with Crippen LogP contribution in [-0.2, 0) is 19.3 Å². The van der Waals surface area contributed by atoms with Gasteiger partial charge in [-0.1, -0.05) is 54.2 Å². The third-order valence-corrected chi connectivity index (χ3v) is 5.03. The largest absolute Gasteiger partial charge is 0.299 e. The van der Waals surface area contributed by atoms with Crippen LogP contribution in [0.3, 0.4) is 0 Å². The molecule has 0 aliphatic rings. The first-order valence-electron chi connectivity index (χ1n) is 8.10. The second-order valence-electron chi connectivity index (χ2n) is 5.80. The van der Waals surface area contributed by atoms with Crippen LogP contribution in [-0.4, -0.2) is 29.8 Å². The standard InChI is InChI=1S/C18H16N6OS/c1-23-16(19-15-10-6-5-9-14(15)17(23)25)12-26-18-20-21-22-24(18)11-13-7-3-2-4-8-13/h2-10H,11-12H2,1H3. The van der Waals surface area contributed by atoms with E-state index in [4.69, 9.17) is 0 Å². The third-order valence-electron chi connectivity index (χ3n) is 4.08. The van der Waals surface area contributed by atoms with E-state index in [1.54, 1.807) is 22.4 Å². The normalized spacial score (nSPS) is 11.1. The van der Waals surface area contributed by atoms with Gasteiger partial charge in [-0.3, -0.25) is 9.36 Å². The van der Waals surface area contributed by atoms with E-state index in [-0.39, 0.29) is 5.56 Å². The first-order valence-corrected chi connectivity index (χ1v) is 9.08. The van der Waals surface area contributed by atoms with E-state index in [1.807, 2.05) is 48.5 Å². The van der Waals surface area contributed by atoms with E-state index in [2.05, 4.69) is 20.5 Å². The number of hydrogen-bond donors (Lipinski definition) is 0. The van der Waals surface area contributed by atoms with Crippen LogP contribution < -0.4 is 5.56 Å². The molecule has 0 spiro atoms. The molecule has 2 aromatic heterocycles. The molecule has 0 N–H and O–H groups in total. The molecule has 4 aromatic rings. The van der Waals surface area contributed by atoms with E-state index in [9.17, 15) is 4.79 Å². The zero-order valence-electron chi connectivity index (χ0n) is 14.1. The van der Waals surface area contributed by atoms with Crippen LogP contribution in [0.15, 0.2) is 64.5 Å². The topological polar surface area (TPSA) is 78.5 Å². The lowest BCUT2D eigenvalue weighted by atomic mass is 10.2. The van der Waals surface area contributed by atoms with Crippen LogP contribution in [0, 0.1) is 0 Å². The second-order valence-corrected chi connectivity index (χ2v) is 6.75. The van der Waals surface area contributed by atoms with Crippen molar-refractivity contribution in [3.8, 4) is 0 Å². The van der Waals surface area contributed by atoms with Crippen LogP contribution in [0.25, 0.3) is 10.9 Å². The summed E-state index contributed by atoms with van der Waals surface area (Å²) in [4.78, 5) is 17.1. The van der Waals surface area contributed by atoms with Gasteiger partial charge >= 0.3 is 0 Å². The van der Waals surface area contributed by atoms with Gasteiger partial charge in [0.05, 0.1) is 23.2 Å². The predicted octanol–water partition coefficient (Wildman–Crippen LogP) is 2.26. The fourth-order valence-electron chi connectivity index (χ4n) is 2.68. The Balaban J connectivity index is 1.57. The van der Waals surface area contributed by atoms with Crippen molar-refractivity contribution in [2.24, 2.45) is 7.05 Å². The Morgan fingerprint density at radius 3 is 2.65 bits per heavy atom. The van der Waals surface area contributed by atoms with Crippen molar-refractivity contribution in [3.05, 3.63) is 76.3 Å². The minimum Gasteiger partial charge on any atom is -0.299 e. The number of aromatic nitrogens is 6. The molecule has 0 unspecified atom stereocenters. The molecule has 7 nitrogen and oxygen atoms in total. The molecule has 4 rings (SSSR count). The van der Waals surface area contributed by atoms with Crippen molar-refractivity contribution < 1.29 is 0 Å². The predicted molar refractivity (Wildman–Crippen MR) is 99.9 cm³/mol. The number of thioether (sulfide) groups is 1. The summed E-state index contributed by atoms with van der Waals surface area (Å²) in [5.41, 5.74) is 1.78. The van der Waals surface area contributed by atoms with Crippen molar-refractivity contribution in [1.82, 2.24) is 29.8 Å². The molecule has 0 atom stereocenters. The van der Waals surface area contributed by atoms with E-state index in [1.165, 1.54) is 11.8 Å². The molecule has 26 heavy (non-hydrogen) atoms. The highest BCUT2D eigenvalue weighted by molar-refractivity contribution is 7.98. The molecule has 0 radical (unpaired) electrons. The summed E-state index contributed by atoms with van der Waals surface area (Å²) in [5, 5.41) is 13.2. The van der Waals surface area contributed by atoms with E-state index in [0.29, 0.717) is 34.2 Å². The Hall–Kier alpha value is -3.00. The molecule has 0 saturated heterocycles. The van der Waals surface area contributed by atoms with Crippen LogP contribution in [0.2, 0.25) is 0 Å². The highest BCUT2D eigenvalue weighted by Crippen LogP contribution is 2.20. The summed E-state index contributed by atoms with van der Waals surface area (Å²) >= 11 is 1.46. The summed E-state index contributed by atoms with van der Waals surface area (Å²) in [6.07, 6.45) is 0. The SMILES string of the molecule is Cn1c(CSc2nnnn2Cc2ccccc2)nc2ccccc2c1=O. The number of tetrazole rings is 1. The van der Waals surface area contributed by atoms with Crippen molar-refractivity contribution in [2.45, 2.75) is 17.5 Å². The molecule has 0 aliphatic carbocycles. The molecule has 0 amide bonds. The molecule has 2 aromatic carbocycles. The monoisotopic (exact) mass is 364 g/mol. The molecule has 0 aliphatic heterocycles. The minimum atomic E-state index is -0.0462. The minimum absolute atomic E-state index is 0.0462. The summed E-state index contributed by atoms with van der Waals surface area (Å²) in [6, 6.07) is 17.4. The van der Waals surface area contributed by atoms with Crippen molar-refractivity contribution in [3.63, 3.8) is 0 Å². The van der Waals surface area contributed by atoms with Gasteiger partial charge in [0.2, 0.25) is 5.16 Å². The Bertz CT molecular complexity index is 1110. The highest BCUT2D eigenvalue weighted by Gasteiger charge is 2.12. The van der Waals surface area contributed by atoms with Crippen molar-refractivity contribution in [2.75, 3.05) is 0 Å². The Morgan fingerprint density at radius 2 is 1.81 bits per heavy atom. The maximum Gasteiger partial charge on any atom is 0.261 e. The quantitative estimate of drug-likeness (QED) is 0.506. The molecule has 2 heterocycles. The smallest absolute Gasteiger partial charge is 0.261 e. The molecule has 0 fully saturated rings. The van der Waals surface area contributed by atoms with Gasteiger partial charge in [-0.2, -0.15) is 0 Å². The number of nitrogens with zero attached hydrogens (tertiary/aromatic N) is 6. The Kier molecular flexibility index (Phi) is 4.49. The second kappa shape index (κ2) is 7.09. The van der Waals surface area contributed by atoms with Crippen molar-refractivity contribution >= 4 is 22.7 Å². The lowest BCUT2D eigenvalue weighted by molar-refractivity contribution is 0.602. The van der Waals surface area contributed by atoms with E-state index < -0.39 is 0 Å². The number of fused-ring (bicyclic) bond motifs is 1. The average Bonchev–Trinajstić information content (AvgIpc) is 3.11. The van der Waals surface area contributed by atoms with Gasteiger partial charge in [0.15, 0.2) is 0 Å². The molecular weight excluding hydrogens is 348 g/mol. The van der Waals surface area contributed by atoms with Gasteiger partial charge in [0.1, 0.15) is 5.82 Å². The van der Waals surface area contributed by atoms with Crippen LogP contribution in [0.5, 0.6) is 0 Å². The fourth-order valence-corrected chi connectivity index (χ4v) is 3.54. The fraction of sp³-hybridized carbons (Fsp3) is 0.167. The van der Waals surface area contributed by atoms with Gasteiger partial charge in [-0.05, 0) is 28.1 Å². The van der Waals surface area contributed by atoms with Gasteiger partial charge in [-0.15, -0.1) is 5.10 Å². The lowest BCUT2D eigenvalue weighted by Crippen LogP contribution is -2.22. The van der Waals surface area contributed by atoms with Gasteiger partial charge < -0.3 is 0 Å². The maximum absolute atomic E-state index is 12.5. The highest BCUT2D eigenvalue weighted by atomic mass is 32.2. The Labute approximate surface area is 153 Å². The Morgan fingerprint density at radius 1 is 1.04 bits per heavy atom. The zero-order chi connectivity index (χ0) is 17.9. The third kappa shape index (κ3) is 3.23. The number of para-hydroxylation sites is 1. The van der Waals surface area contributed by atoms with Crippen molar-refractivity contribution in [1.29, 1.82) is 0 Å². The molecule has 0 saturated carbocycles. The van der Waals surface area contributed by atoms with Crippen LogP contribution >= 0.6 is 11.8 Å². The number of benzene rings is 2. The lowest BCUT2D eigenvalue weighted by Gasteiger charge is -2.09. The van der Waals surface area contributed by atoms with Crippen LogP contribution in [0.4, 0.5) is 0 Å². The summed E-state index contributed by atoms with van der Waals surface area (Å²) < 4.78 is 3.33. The average molecular weight is 364 g/mol. The maximum atomic E-state index is 12.5. The first kappa shape index (κ1) is 16.5. The van der Waals surface area contributed by atoms with Gasteiger partial charge in [0, 0.05) is 7.05 Å². The summed E-state index contributed by atoms with van der Waals surface area (Å²) in [7, 11) is 1.74.